The summed E-state index contributed by atoms with van der Waals surface area (Å²) in [6.45, 7) is 3.36. The fraction of sp³-hybridized carbons (Fsp3) is 0.211. The first kappa shape index (κ1) is 16.7. The van der Waals surface area contributed by atoms with Crippen LogP contribution in [0.15, 0.2) is 59.5 Å². The summed E-state index contributed by atoms with van der Waals surface area (Å²) in [5.74, 6) is -0.233. The lowest BCUT2D eigenvalue weighted by molar-refractivity contribution is -0.148. The minimum Gasteiger partial charge on any atom is -0.460 e. The highest BCUT2D eigenvalue weighted by atomic mass is 16.5. The number of para-hydroxylation sites is 1. The van der Waals surface area contributed by atoms with Crippen LogP contribution in [0.4, 0.5) is 11.5 Å². The molecule has 25 heavy (non-hydrogen) atoms. The zero-order valence-corrected chi connectivity index (χ0v) is 14.1. The second-order valence-corrected chi connectivity index (χ2v) is 5.93. The molecule has 0 aliphatic carbocycles. The number of hydrogen-bond acceptors (Lipinski definition) is 5. The van der Waals surface area contributed by atoms with E-state index in [1.807, 2.05) is 36.4 Å². The summed E-state index contributed by atoms with van der Waals surface area (Å²) in [6.07, 6.45) is 1.64. The Morgan fingerprint density at radius 2 is 1.88 bits per heavy atom. The number of aromatic nitrogens is 2. The van der Waals surface area contributed by atoms with E-state index in [2.05, 4.69) is 10.3 Å². The summed E-state index contributed by atoms with van der Waals surface area (Å²) < 4.78 is 6.70. The highest BCUT2D eigenvalue weighted by Gasteiger charge is 2.16. The van der Waals surface area contributed by atoms with E-state index in [9.17, 15) is 9.59 Å². The van der Waals surface area contributed by atoms with Crippen LogP contribution in [0.2, 0.25) is 0 Å². The number of nitrogens with one attached hydrogen (secondary N) is 1. The molecule has 6 heteroatoms. The Bertz CT molecular complexity index is 949. The lowest BCUT2D eigenvalue weighted by Gasteiger charge is -2.13. The lowest BCUT2D eigenvalue weighted by Crippen LogP contribution is -2.24. The molecule has 0 saturated carbocycles. The van der Waals surface area contributed by atoms with Gasteiger partial charge in [-0.1, -0.05) is 38.1 Å². The van der Waals surface area contributed by atoms with Crippen molar-refractivity contribution in [1.29, 1.82) is 0 Å². The van der Waals surface area contributed by atoms with Crippen molar-refractivity contribution < 1.29 is 9.53 Å². The summed E-state index contributed by atoms with van der Waals surface area (Å²) in [6, 6.07) is 14.7. The van der Waals surface area contributed by atoms with Gasteiger partial charge in [-0.15, -0.1) is 0 Å². The molecule has 3 rings (SSSR count). The number of carbonyl (C=O) groups excluding carboxylic acids is 1. The third-order valence-electron chi connectivity index (χ3n) is 3.69. The number of hydrogen-bond donors (Lipinski definition) is 1. The van der Waals surface area contributed by atoms with Crippen molar-refractivity contribution in [3.63, 3.8) is 0 Å². The molecule has 0 radical (unpaired) electrons. The standard InChI is InChI=1S/C19H19N3O3/c1-13(2)19(24)25-12-15-17(20-14-8-4-3-5-9-14)21-16-10-6-7-11-22(16)18(15)23/h3-11,13,20H,12H2,1-2H3. The molecule has 0 aliphatic rings. The molecule has 0 saturated heterocycles. The molecule has 2 heterocycles. The molecule has 0 amide bonds. The normalized spacial score (nSPS) is 10.8. The van der Waals surface area contributed by atoms with Crippen molar-refractivity contribution in [2.45, 2.75) is 20.5 Å². The van der Waals surface area contributed by atoms with Crippen molar-refractivity contribution in [1.82, 2.24) is 9.38 Å². The average Bonchev–Trinajstić information content (AvgIpc) is 2.62. The van der Waals surface area contributed by atoms with E-state index in [0.717, 1.165) is 5.69 Å². The van der Waals surface area contributed by atoms with Crippen LogP contribution in [0, 0.1) is 5.92 Å². The van der Waals surface area contributed by atoms with E-state index < -0.39 is 0 Å². The molecule has 2 aromatic heterocycles. The third kappa shape index (κ3) is 3.68. The van der Waals surface area contributed by atoms with Gasteiger partial charge in [-0.3, -0.25) is 14.0 Å². The Kier molecular flexibility index (Phi) is 4.79. The van der Waals surface area contributed by atoms with Crippen LogP contribution in [0.25, 0.3) is 5.65 Å². The Balaban J connectivity index is 2.04. The number of ether oxygens (including phenoxy) is 1. The van der Waals surface area contributed by atoms with Crippen molar-refractivity contribution in [2.75, 3.05) is 5.32 Å². The third-order valence-corrected chi connectivity index (χ3v) is 3.69. The molecule has 0 unspecified atom stereocenters. The minimum absolute atomic E-state index is 0.129. The van der Waals surface area contributed by atoms with Gasteiger partial charge in [0.25, 0.3) is 5.56 Å². The largest absolute Gasteiger partial charge is 0.460 e. The number of esters is 1. The number of nitrogens with zero attached hydrogens (tertiary/aromatic N) is 2. The first-order valence-corrected chi connectivity index (χ1v) is 8.05. The number of anilines is 2. The summed E-state index contributed by atoms with van der Waals surface area (Å²) >= 11 is 0. The van der Waals surface area contributed by atoms with Gasteiger partial charge < -0.3 is 10.1 Å². The second-order valence-electron chi connectivity index (χ2n) is 5.93. The predicted molar refractivity (Wildman–Crippen MR) is 95.8 cm³/mol. The molecule has 0 fully saturated rings. The van der Waals surface area contributed by atoms with Crippen LogP contribution >= 0.6 is 0 Å². The van der Waals surface area contributed by atoms with Gasteiger partial charge in [-0.25, -0.2) is 4.98 Å². The molecule has 0 aliphatic heterocycles. The maximum atomic E-state index is 12.8. The smallest absolute Gasteiger partial charge is 0.308 e. The molecule has 3 aromatic rings. The van der Waals surface area contributed by atoms with Gasteiger partial charge in [0.2, 0.25) is 0 Å². The molecular formula is C19H19N3O3. The zero-order valence-electron chi connectivity index (χ0n) is 14.1. The monoisotopic (exact) mass is 337 g/mol. The highest BCUT2D eigenvalue weighted by molar-refractivity contribution is 5.71. The molecule has 1 N–H and O–H groups in total. The second kappa shape index (κ2) is 7.17. The van der Waals surface area contributed by atoms with Crippen LogP contribution < -0.4 is 10.9 Å². The Labute approximate surface area is 145 Å². The van der Waals surface area contributed by atoms with Crippen LogP contribution in [0.1, 0.15) is 19.4 Å². The van der Waals surface area contributed by atoms with Gasteiger partial charge in [0.1, 0.15) is 18.1 Å². The van der Waals surface area contributed by atoms with Gasteiger partial charge in [0.05, 0.1) is 11.5 Å². The fourth-order valence-corrected chi connectivity index (χ4v) is 2.33. The summed E-state index contributed by atoms with van der Waals surface area (Å²) in [7, 11) is 0. The van der Waals surface area contributed by atoms with Crippen LogP contribution in [-0.2, 0) is 16.1 Å². The topological polar surface area (TPSA) is 72.7 Å². The number of pyridine rings is 1. The Hall–Kier alpha value is -3.15. The predicted octanol–water partition coefficient (Wildman–Crippen LogP) is 3.14. The zero-order chi connectivity index (χ0) is 17.8. The van der Waals surface area contributed by atoms with Gasteiger partial charge in [0.15, 0.2) is 0 Å². The lowest BCUT2D eigenvalue weighted by atomic mass is 10.2. The average molecular weight is 337 g/mol. The quantitative estimate of drug-likeness (QED) is 0.724. The molecule has 0 atom stereocenters. The molecule has 1 aromatic carbocycles. The fourth-order valence-electron chi connectivity index (χ4n) is 2.33. The van der Waals surface area contributed by atoms with Crippen LogP contribution in [0.3, 0.4) is 0 Å². The highest BCUT2D eigenvalue weighted by Crippen LogP contribution is 2.18. The van der Waals surface area contributed by atoms with Gasteiger partial charge in [0, 0.05) is 11.9 Å². The van der Waals surface area contributed by atoms with Crippen molar-refractivity contribution in [3.8, 4) is 0 Å². The van der Waals surface area contributed by atoms with Crippen LogP contribution in [-0.4, -0.2) is 15.4 Å². The van der Waals surface area contributed by atoms with E-state index in [0.29, 0.717) is 17.0 Å². The van der Waals surface area contributed by atoms with Crippen molar-refractivity contribution in [2.24, 2.45) is 5.92 Å². The summed E-state index contributed by atoms with van der Waals surface area (Å²) in [4.78, 5) is 29.1. The van der Waals surface area contributed by atoms with Gasteiger partial charge in [-0.2, -0.15) is 0 Å². The first-order valence-electron chi connectivity index (χ1n) is 8.05. The molecule has 0 spiro atoms. The Morgan fingerprint density at radius 3 is 2.60 bits per heavy atom. The Morgan fingerprint density at radius 1 is 1.16 bits per heavy atom. The van der Waals surface area contributed by atoms with Gasteiger partial charge >= 0.3 is 5.97 Å². The summed E-state index contributed by atoms with van der Waals surface area (Å²) in [5.41, 5.74) is 1.36. The summed E-state index contributed by atoms with van der Waals surface area (Å²) in [5, 5.41) is 3.14. The van der Waals surface area contributed by atoms with Gasteiger partial charge in [-0.05, 0) is 24.3 Å². The SMILES string of the molecule is CC(C)C(=O)OCc1c(Nc2ccccc2)nc2ccccn2c1=O. The van der Waals surface area contributed by atoms with Crippen LogP contribution in [0.5, 0.6) is 0 Å². The van der Waals surface area contributed by atoms with Crippen molar-refractivity contribution in [3.05, 3.63) is 70.6 Å². The van der Waals surface area contributed by atoms with E-state index in [1.54, 1.807) is 32.2 Å². The minimum atomic E-state index is -0.358. The van der Waals surface area contributed by atoms with Crippen molar-refractivity contribution >= 4 is 23.1 Å². The first-order chi connectivity index (χ1) is 12.1. The molecule has 128 valence electrons. The van der Waals surface area contributed by atoms with E-state index >= 15 is 0 Å². The molecule has 6 nitrogen and oxygen atoms in total. The molecule has 0 bridgehead atoms. The molecular weight excluding hydrogens is 318 g/mol. The maximum Gasteiger partial charge on any atom is 0.308 e. The maximum absolute atomic E-state index is 12.8. The number of rotatable bonds is 5. The number of fused-ring (bicyclic) bond motifs is 1. The van der Waals surface area contributed by atoms with E-state index in [4.69, 9.17) is 4.74 Å². The number of benzene rings is 1. The number of carbonyl (C=O) groups is 1. The van der Waals surface area contributed by atoms with E-state index in [-0.39, 0.29) is 24.1 Å². The van der Waals surface area contributed by atoms with E-state index in [1.165, 1.54) is 4.40 Å².